The predicted octanol–water partition coefficient (Wildman–Crippen LogP) is 4.53. The van der Waals surface area contributed by atoms with Crippen LogP contribution in [0.25, 0.3) is 10.1 Å². The number of rotatable bonds is 2. The van der Waals surface area contributed by atoms with Crippen molar-refractivity contribution in [1.29, 1.82) is 0 Å². The first kappa shape index (κ1) is 13.9. The Morgan fingerprint density at radius 3 is 2.71 bits per heavy atom. The molecule has 0 fully saturated rings. The Bertz CT molecular complexity index is 827. The van der Waals surface area contributed by atoms with Gasteiger partial charge in [-0.25, -0.2) is 4.39 Å². The summed E-state index contributed by atoms with van der Waals surface area (Å²) in [6.45, 7) is 0. The fraction of sp³-hybridized carbons (Fsp3) is 0. The number of nitrogens with one attached hydrogen (secondary N) is 1. The average Bonchev–Trinajstić information content (AvgIpc) is 2.76. The highest BCUT2D eigenvalue weighted by Gasteiger charge is 2.16. The molecule has 3 rings (SSSR count). The molecule has 1 heterocycles. The zero-order chi connectivity index (χ0) is 15.0. The molecule has 3 aromatic rings. The SMILES string of the molecule is Nc1c(C(=O)Nc2cc(F)cc(Cl)c2)sc2ccccc12. The van der Waals surface area contributed by atoms with E-state index in [4.69, 9.17) is 17.3 Å². The highest BCUT2D eigenvalue weighted by atomic mass is 35.5. The molecular formula is C15H10ClFN2OS. The molecule has 1 aromatic heterocycles. The highest BCUT2D eigenvalue weighted by molar-refractivity contribution is 7.21. The van der Waals surface area contributed by atoms with Gasteiger partial charge in [-0.2, -0.15) is 0 Å². The van der Waals surface area contributed by atoms with Crippen molar-refractivity contribution in [3.05, 3.63) is 58.2 Å². The van der Waals surface area contributed by atoms with E-state index < -0.39 is 5.82 Å². The number of fused-ring (bicyclic) bond motifs is 1. The van der Waals surface area contributed by atoms with E-state index in [2.05, 4.69) is 5.32 Å². The van der Waals surface area contributed by atoms with Crippen molar-refractivity contribution in [3.63, 3.8) is 0 Å². The van der Waals surface area contributed by atoms with E-state index in [1.165, 1.54) is 29.5 Å². The standard InChI is InChI=1S/C15H10ClFN2OS/c16-8-5-9(17)7-10(6-8)19-15(20)14-13(18)11-3-1-2-4-12(11)21-14/h1-7H,18H2,(H,19,20). The van der Waals surface area contributed by atoms with Crippen LogP contribution in [0, 0.1) is 5.82 Å². The van der Waals surface area contributed by atoms with Gasteiger partial charge in [0.15, 0.2) is 0 Å². The zero-order valence-electron chi connectivity index (χ0n) is 10.7. The molecule has 0 atom stereocenters. The van der Waals surface area contributed by atoms with Crippen LogP contribution in [-0.4, -0.2) is 5.91 Å². The van der Waals surface area contributed by atoms with Crippen LogP contribution in [0.1, 0.15) is 9.67 Å². The number of hydrogen-bond donors (Lipinski definition) is 2. The monoisotopic (exact) mass is 320 g/mol. The van der Waals surface area contributed by atoms with Crippen LogP contribution in [0.2, 0.25) is 5.02 Å². The first-order chi connectivity index (χ1) is 10.0. The molecule has 0 saturated carbocycles. The van der Waals surface area contributed by atoms with Crippen molar-refractivity contribution in [2.75, 3.05) is 11.1 Å². The maximum Gasteiger partial charge on any atom is 0.267 e. The Morgan fingerprint density at radius 2 is 2.00 bits per heavy atom. The van der Waals surface area contributed by atoms with Crippen LogP contribution >= 0.6 is 22.9 Å². The maximum atomic E-state index is 13.3. The number of carbonyl (C=O) groups excluding carboxylic acids is 1. The molecule has 0 unspecified atom stereocenters. The quantitative estimate of drug-likeness (QED) is 0.729. The molecule has 1 amide bonds. The minimum Gasteiger partial charge on any atom is -0.397 e. The summed E-state index contributed by atoms with van der Waals surface area (Å²) in [5.74, 6) is -0.891. The molecule has 3 N–H and O–H groups in total. The van der Waals surface area contributed by atoms with Crippen molar-refractivity contribution in [2.24, 2.45) is 0 Å². The Labute approximate surface area is 129 Å². The molecule has 0 spiro atoms. The summed E-state index contributed by atoms with van der Waals surface area (Å²) in [7, 11) is 0. The average molecular weight is 321 g/mol. The lowest BCUT2D eigenvalue weighted by Gasteiger charge is -2.05. The second kappa shape index (κ2) is 5.35. The molecule has 3 nitrogen and oxygen atoms in total. The summed E-state index contributed by atoms with van der Waals surface area (Å²) in [5.41, 5.74) is 6.72. The lowest BCUT2D eigenvalue weighted by Crippen LogP contribution is -2.12. The fourth-order valence-corrected chi connectivity index (χ4v) is 3.29. The van der Waals surface area contributed by atoms with E-state index in [-0.39, 0.29) is 10.9 Å². The van der Waals surface area contributed by atoms with E-state index in [0.717, 1.165) is 10.1 Å². The summed E-state index contributed by atoms with van der Waals surface area (Å²) < 4.78 is 14.2. The summed E-state index contributed by atoms with van der Waals surface area (Å²) >= 11 is 7.06. The second-order valence-electron chi connectivity index (χ2n) is 4.45. The summed E-state index contributed by atoms with van der Waals surface area (Å²) in [4.78, 5) is 12.7. The van der Waals surface area contributed by atoms with Gasteiger partial charge < -0.3 is 11.1 Å². The van der Waals surface area contributed by atoms with E-state index in [1.807, 2.05) is 24.3 Å². The molecule has 106 valence electrons. The topological polar surface area (TPSA) is 55.1 Å². The second-order valence-corrected chi connectivity index (χ2v) is 5.94. The Hall–Kier alpha value is -2.11. The third kappa shape index (κ3) is 2.70. The van der Waals surface area contributed by atoms with Gasteiger partial charge in [-0.3, -0.25) is 4.79 Å². The Morgan fingerprint density at radius 1 is 1.24 bits per heavy atom. The van der Waals surface area contributed by atoms with E-state index in [9.17, 15) is 9.18 Å². The van der Waals surface area contributed by atoms with Crippen molar-refractivity contribution < 1.29 is 9.18 Å². The summed E-state index contributed by atoms with van der Waals surface area (Å²) in [6.07, 6.45) is 0. The van der Waals surface area contributed by atoms with Gasteiger partial charge >= 0.3 is 0 Å². The minimum absolute atomic E-state index is 0.217. The smallest absolute Gasteiger partial charge is 0.267 e. The van der Waals surface area contributed by atoms with Crippen LogP contribution in [0.3, 0.4) is 0 Å². The summed E-state index contributed by atoms with van der Waals surface area (Å²) in [6, 6.07) is 11.3. The van der Waals surface area contributed by atoms with Crippen LogP contribution in [0.15, 0.2) is 42.5 Å². The molecule has 0 aliphatic carbocycles. The highest BCUT2D eigenvalue weighted by Crippen LogP contribution is 2.34. The minimum atomic E-state index is -0.512. The van der Waals surface area contributed by atoms with E-state index in [0.29, 0.717) is 16.3 Å². The van der Waals surface area contributed by atoms with Gasteiger partial charge in [-0.15, -0.1) is 11.3 Å². The number of benzene rings is 2. The number of amides is 1. The number of anilines is 2. The maximum absolute atomic E-state index is 13.3. The Balaban J connectivity index is 1.95. The van der Waals surface area contributed by atoms with Crippen LogP contribution in [-0.2, 0) is 0 Å². The lowest BCUT2D eigenvalue weighted by molar-refractivity contribution is 0.103. The third-order valence-electron chi connectivity index (χ3n) is 2.96. The van der Waals surface area contributed by atoms with Crippen LogP contribution < -0.4 is 11.1 Å². The first-order valence-corrected chi connectivity index (χ1v) is 7.28. The molecule has 0 radical (unpaired) electrons. The number of hydrogen-bond acceptors (Lipinski definition) is 3. The predicted molar refractivity (Wildman–Crippen MR) is 85.6 cm³/mol. The molecule has 0 bridgehead atoms. The normalized spacial score (nSPS) is 10.8. The van der Waals surface area contributed by atoms with E-state index >= 15 is 0 Å². The fourth-order valence-electron chi connectivity index (χ4n) is 2.05. The van der Waals surface area contributed by atoms with Crippen molar-refractivity contribution >= 4 is 50.3 Å². The molecule has 21 heavy (non-hydrogen) atoms. The lowest BCUT2D eigenvalue weighted by atomic mass is 10.2. The molecule has 6 heteroatoms. The van der Waals surface area contributed by atoms with E-state index in [1.54, 1.807) is 0 Å². The Kier molecular flexibility index (Phi) is 3.53. The van der Waals surface area contributed by atoms with Crippen molar-refractivity contribution in [1.82, 2.24) is 0 Å². The van der Waals surface area contributed by atoms with Crippen LogP contribution in [0.5, 0.6) is 0 Å². The van der Waals surface area contributed by atoms with Crippen molar-refractivity contribution in [3.8, 4) is 0 Å². The van der Waals surface area contributed by atoms with Gasteiger partial charge in [0.05, 0.1) is 5.69 Å². The zero-order valence-corrected chi connectivity index (χ0v) is 12.3. The largest absolute Gasteiger partial charge is 0.397 e. The van der Waals surface area contributed by atoms with Gasteiger partial charge in [0, 0.05) is 20.8 Å². The number of halogens is 2. The van der Waals surface area contributed by atoms with Gasteiger partial charge in [0.2, 0.25) is 0 Å². The van der Waals surface area contributed by atoms with Gasteiger partial charge in [0.25, 0.3) is 5.91 Å². The number of nitrogens with two attached hydrogens (primary N) is 1. The third-order valence-corrected chi connectivity index (χ3v) is 4.36. The molecule has 0 aliphatic rings. The number of thiophene rings is 1. The van der Waals surface area contributed by atoms with Crippen LogP contribution in [0.4, 0.5) is 15.8 Å². The number of carbonyl (C=O) groups is 1. The molecule has 0 aliphatic heterocycles. The summed E-state index contributed by atoms with van der Waals surface area (Å²) in [5, 5.41) is 3.66. The molecule has 0 saturated heterocycles. The van der Waals surface area contributed by atoms with Gasteiger partial charge in [-0.05, 0) is 24.3 Å². The van der Waals surface area contributed by atoms with Crippen molar-refractivity contribution in [2.45, 2.75) is 0 Å². The molecule has 2 aromatic carbocycles. The first-order valence-electron chi connectivity index (χ1n) is 6.09. The molecular weight excluding hydrogens is 311 g/mol. The van der Waals surface area contributed by atoms with Gasteiger partial charge in [-0.1, -0.05) is 29.8 Å². The number of nitrogen functional groups attached to an aromatic ring is 1. The van der Waals surface area contributed by atoms with Gasteiger partial charge in [0.1, 0.15) is 10.7 Å².